The number of sulfonamides is 1. The summed E-state index contributed by atoms with van der Waals surface area (Å²) in [5, 5.41) is 0. The van der Waals surface area contributed by atoms with Gasteiger partial charge in [-0.15, -0.1) is 0 Å². The molecule has 9 nitrogen and oxygen atoms in total. The van der Waals surface area contributed by atoms with Crippen LogP contribution >= 0.6 is 0 Å². The first kappa shape index (κ1) is 25.3. The Morgan fingerprint density at radius 3 is 2.39 bits per heavy atom. The molecule has 2 aliphatic heterocycles. The fourth-order valence-electron chi connectivity index (χ4n) is 3.95. The van der Waals surface area contributed by atoms with Crippen LogP contribution < -0.4 is 9.47 Å². The molecule has 0 aromatic heterocycles. The maximum Gasteiger partial charge on any atom is 0.306 e. The van der Waals surface area contributed by atoms with Crippen LogP contribution in [0.3, 0.4) is 0 Å². The van der Waals surface area contributed by atoms with Crippen LogP contribution in [0.5, 0.6) is 11.5 Å². The van der Waals surface area contributed by atoms with E-state index < -0.39 is 15.6 Å². The smallest absolute Gasteiger partial charge is 0.306 e. The van der Waals surface area contributed by atoms with Crippen molar-refractivity contribution in [2.24, 2.45) is 5.92 Å². The number of benzene rings is 1. The third-order valence-electron chi connectivity index (χ3n) is 5.63. The molecule has 2 heterocycles. The van der Waals surface area contributed by atoms with Crippen molar-refractivity contribution in [2.75, 3.05) is 39.9 Å². The van der Waals surface area contributed by atoms with Crippen LogP contribution in [0.2, 0.25) is 0 Å². The Labute approximate surface area is 196 Å². The predicted molar refractivity (Wildman–Crippen MR) is 122 cm³/mol. The van der Waals surface area contributed by atoms with Crippen LogP contribution in [-0.2, 0) is 24.3 Å². The van der Waals surface area contributed by atoms with Gasteiger partial charge in [-0.25, -0.2) is 8.42 Å². The van der Waals surface area contributed by atoms with Gasteiger partial charge in [-0.2, -0.15) is 4.31 Å². The number of hydrogen-bond donors (Lipinski definition) is 0. The van der Waals surface area contributed by atoms with E-state index in [-0.39, 0.29) is 42.2 Å². The van der Waals surface area contributed by atoms with Gasteiger partial charge in [0.05, 0.1) is 4.90 Å². The highest BCUT2D eigenvalue weighted by atomic mass is 32.2. The van der Waals surface area contributed by atoms with Crippen molar-refractivity contribution < 1.29 is 32.2 Å². The summed E-state index contributed by atoms with van der Waals surface area (Å²) in [6.45, 7) is 7.29. The highest BCUT2D eigenvalue weighted by molar-refractivity contribution is 7.89. The summed E-state index contributed by atoms with van der Waals surface area (Å²) >= 11 is 0. The zero-order chi connectivity index (χ0) is 24.2. The fraction of sp³-hybridized carbons (Fsp3) is 0.652. The second-order valence-electron chi connectivity index (χ2n) is 9.43. The third kappa shape index (κ3) is 6.60. The number of amides is 1. The molecular formula is C23H34N2O7S. The van der Waals surface area contributed by atoms with Gasteiger partial charge in [0.1, 0.15) is 18.8 Å². The van der Waals surface area contributed by atoms with E-state index in [1.165, 1.54) is 16.4 Å². The van der Waals surface area contributed by atoms with Gasteiger partial charge in [0.15, 0.2) is 11.5 Å². The summed E-state index contributed by atoms with van der Waals surface area (Å²) in [5.41, 5.74) is -0.521. The van der Waals surface area contributed by atoms with E-state index in [2.05, 4.69) is 0 Å². The normalized spacial score (nSPS) is 17.5. The molecule has 2 aliphatic rings. The van der Waals surface area contributed by atoms with Crippen LogP contribution in [0.25, 0.3) is 0 Å². The van der Waals surface area contributed by atoms with Crippen LogP contribution in [0.4, 0.5) is 0 Å². The number of piperidine rings is 1. The topological polar surface area (TPSA) is 102 Å². The molecule has 1 aromatic rings. The minimum Gasteiger partial charge on any atom is -0.486 e. The minimum atomic E-state index is -3.68. The molecule has 10 heteroatoms. The third-order valence-corrected chi connectivity index (χ3v) is 7.52. The number of nitrogens with zero attached hydrogens (tertiary/aromatic N) is 2. The average molecular weight is 483 g/mol. The van der Waals surface area contributed by atoms with Gasteiger partial charge in [0, 0.05) is 45.1 Å². The number of carbonyl (C=O) groups is 2. The molecule has 184 valence electrons. The predicted octanol–water partition coefficient (Wildman–Crippen LogP) is 2.44. The molecular weight excluding hydrogens is 448 g/mol. The van der Waals surface area contributed by atoms with Gasteiger partial charge in [0.25, 0.3) is 0 Å². The highest BCUT2D eigenvalue weighted by Crippen LogP contribution is 2.34. The Balaban J connectivity index is 1.49. The van der Waals surface area contributed by atoms with Gasteiger partial charge in [-0.1, -0.05) is 0 Å². The second-order valence-corrected chi connectivity index (χ2v) is 11.4. The summed E-state index contributed by atoms with van der Waals surface area (Å²) in [7, 11) is -1.96. The zero-order valence-corrected chi connectivity index (χ0v) is 20.7. The summed E-state index contributed by atoms with van der Waals surface area (Å²) in [4.78, 5) is 26.4. The molecule has 0 spiro atoms. The van der Waals surface area contributed by atoms with E-state index in [1.807, 2.05) is 20.8 Å². The van der Waals surface area contributed by atoms with Crippen LogP contribution in [0, 0.1) is 5.92 Å². The van der Waals surface area contributed by atoms with E-state index in [0.717, 1.165) is 0 Å². The van der Waals surface area contributed by atoms with E-state index in [4.69, 9.17) is 14.2 Å². The van der Waals surface area contributed by atoms with E-state index in [9.17, 15) is 18.0 Å². The maximum atomic E-state index is 13.1. The van der Waals surface area contributed by atoms with Crippen molar-refractivity contribution >= 4 is 21.9 Å². The number of rotatable bonds is 7. The van der Waals surface area contributed by atoms with E-state index in [0.29, 0.717) is 50.5 Å². The van der Waals surface area contributed by atoms with Crippen LogP contribution in [0.1, 0.15) is 46.5 Å². The van der Waals surface area contributed by atoms with Gasteiger partial charge in [-0.3, -0.25) is 9.59 Å². The van der Waals surface area contributed by atoms with Crippen molar-refractivity contribution in [2.45, 2.75) is 57.0 Å². The quantitative estimate of drug-likeness (QED) is 0.550. The molecule has 1 amide bonds. The molecule has 0 saturated carbocycles. The molecule has 1 fully saturated rings. The summed E-state index contributed by atoms with van der Waals surface area (Å²) in [6, 6.07) is 4.64. The Bertz CT molecular complexity index is 964. The largest absolute Gasteiger partial charge is 0.486 e. The monoisotopic (exact) mass is 482 g/mol. The number of ether oxygens (including phenoxy) is 3. The summed E-state index contributed by atoms with van der Waals surface area (Å²) in [6.07, 6.45) is 1.69. The Morgan fingerprint density at radius 1 is 1.12 bits per heavy atom. The molecule has 0 bridgehead atoms. The molecule has 0 atom stereocenters. The first-order valence-corrected chi connectivity index (χ1v) is 12.8. The second kappa shape index (κ2) is 10.3. The molecule has 0 unspecified atom stereocenters. The molecule has 0 radical (unpaired) electrons. The summed E-state index contributed by atoms with van der Waals surface area (Å²) in [5.74, 6) is 0.444. The van der Waals surface area contributed by atoms with Crippen molar-refractivity contribution in [3.8, 4) is 11.5 Å². The average Bonchev–Trinajstić information content (AvgIpc) is 2.77. The number of esters is 1. The number of hydrogen-bond acceptors (Lipinski definition) is 7. The Kier molecular flexibility index (Phi) is 7.89. The van der Waals surface area contributed by atoms with Crippen LogP contribution in [-0.4, -0.2) is 75.0 Å². The highest BCUT2D eigenvalue weighted by Gasteiger charge is 2.33. The Morgan fingerprint density at radius 2 is 1.76 bits per heavy atom. The maximum absolute atomic E-state index is 13.1. The lowest BCUT2D eigenvalue weighted by atomic mass is 9.96. The standard InChI is InChI=1S/C23H34N2O7S/c1-23(2,3)32-21(26)6-5-11-24(4)22(27)17-9-12-25(13-10-17)33(28,29)18-7-8-19-20(16-18)31-15-14-30-19/h7-8,16-17H,5-6,9-15H2,1-4H3. The van der Waals surface area contributed by atoms with Crippen molar-refractivity contribution in [1.82, 2.24) is 9.21 Å². The van der Waals surface area contributed by atoms with Crippen molar-refractivity contribution in [3.63, 3.8) is 0 Å². The SMILES string of the molecule is CN(CCCC(=O)OC(C)(C)C)C(=O)C1CCN(S(=O)(=O)c2ccc3c(c2)OCCO3)CC1. The number of fused-ring (bicyclic) bond motifs is 1. The van der Waals surface area contributed by atoms with Crippen molar-refractivity contribution in [3.05, 3.63) is 18.2 Å². The Hall–Kier alpha value is -2.33. The molecule has 1 saturated heterocycles. The van der Waals surface area contributed by atoms with E-state index >= 15 is 0 Å². The van der Waals surface area contributed by atoms with Crippen molar-refractivity contribution in [1.29, 1.82) is 0 Å². The zero-order valence-electron chi connectivity index (χ0n) is 19.8. The molecule has 0 aliphatic carbocycles. The molecule has 1 aromatic carbocycles. The van der Waals surface area contributed by atoms with Gasteiger partial charge < -0.3 is 19.1 Å². The van der Waals surface area contributed by atoms with Gasteiger partial charge in [-0.05, 0) is 52.2 Å². The summed E-state index contributed by atoms with van der Waals surface area (Å²) < 4.78 is 43.8. The fourth-order valence-corrected chi connectivity index (χ4v) is 5.44. The molecule has 3 rings (SSSR count). The molecule has 33 heavy (non-hydrogen) atoms. The van der Waals surface area contributed by atoms with Crippen LogP contribution in [0.15, 0.2) is 23.1 Å². The lowest BCUT2D eigenvalue weighted by Crippen LogP contribution is -2.43. The molecule has 0 N–H and O–H groups in total. The minimum absolute atomic E-state index is 0.0180. The van der Waals surface area contributed by atoms with E-state index in [1.54, 1.807) is 18.0 Å². The number of carbonyl (C=O) groups excluding carboxylic acids is 2. The first-order chi connectivity index (χ1) is 15.5. The lowest BCUT2D eigenvalue weighted by Gasteiger charge is -2.32. The lowest BCUT2D eigenvalue weighted by molar-refractivity contribution is -0.155. The van der Waals surface area contributed by atoms with Gasteiger partial charge >= 0.3 is 5.97 Å². The first-order valence-electron chi connectivity index (χ1n) is 11.3. The van der Waals surface area contributed by atoms with Gasteiger partial charge in [0.2, 0.25) is 15.9 Å².